The number of nitrogens with one attached hydrogen (secondary N) is 2. The number of anilines is 2. The van der Waals surface area contributed by atoms with Crippen LogP contribution in [0.4, 0.5) is 11.5 Å². The highest BCUT2D eigenvalue weighted by atomic mass is 32.2. The van der Waals surface area contributed by atoms with Gasteiger partial charge in [-0.2, -0.15) is 0 Å². The summed E-state index contributed by atoms with van der Waals surface area (Å²) in [5, 5.41) is 2.75. The van der Waals surface area contributed by atoms with Crippen LogP contribution in [-0.4, -0.2) is 38.0 Å². The fourth-order valence-electron chi connectivity index (χ4n) is 2.77. The summed E-state index contributed by atoms with van der Waals surface area (Å²) >= 11 is 0. The van der Waals surface area contributed by atoms with E-state index in [0.717, 1.165) is 6.42 Å². The van der Waals surface area contributed by atoms with E-state index < -0.39 is 10.0 Å². The lowest BCUT2D eigenvalue weighted by atomic mass is 10.1. The van der Waals surface area contributed by atoms with Crippen LogP contribution in [0.1, 0.15) is 30.6 Å². The number of amides is 1. The topological polar surface area (TPSA) is 120 Å². The van der Waals surface area contributed by atoms with E-state index in [2.05, 4.69) is 33.9 Å². The summed E-state index contributed by atoms with van der Waals surface area (Å²) in [5.41, 5.74) is 0.910. The number of hydrogen-bond acceptors (Lipinski definition) is 7. The zero-order valence-electron chi connectivity index (χ0n) is 18.6. The molecular weight excluding hydrogens is 444 g/mol. The first kappa shape index (κ1) is 24.0. The molecule has 10 heteroatoms. The van der Waals surface area contributed by atoms with Gasteiger partial charge in [0, 0.05) is 23.6 Å². The van der Waals surface area contributed by atoms with Crippen molar-refractivity contribution in [1.29, 1.82) is 0 Å². The predicted molar refractivity (Wildman–Crippen MR) is 125 cm³/mol. The Hall–Kier alpha value is -3.66. The maximum atomic E-state index is 12.6. The molecule has 3 aromatic rings. The number of carbonyl (C=O) groups is 1. The van der Waals surface area contributed by atoms with E-state index in [1.807, 2.05) is 0 Å². The lowest BCUT2D eigenvalue weighted by Gasteiger charge is -2.11. The van der Waals surface area contributed by atoms with Crippen molar-refractivity contribution in [2.24, 2.45) is 5.92 Å². The van der Waals surface area contributed by atoms with Crippen LogP contribution in [-0.2, 0) is 10.0 Å². The number of methoxy groups -OCH3 is 1. The minimum Gasteiger partial charge on any atom is -0.494 e. The van der Waals surface area contributed by atoms with Crippen LogP contribution in [0.3, 0.4) is 0 Å². The lowest BCUT2D eigenvalue weighted by molar-refractivity contribution is 0.102. The third kappa shape index (κ3) is 6.66. The third-order valence-corrected chi connectivity index (χ3v) is 5.95. The molecule has 0 saturated carbocycles. The normalized spacial score (nSPS) is 11.2. The Labute approximate surface area is 193 Å². The highest BCUT2D eigenvalue weighted by Gasteiger charge is 2.18. The highest BCUT2D eigenvalue weighted by Crippen LogP contribution is 2.22. The number of rotatable bonds is 10. The van der Waals surface area contributed by atoms with Crippen molar-refractivity contribution in [1.82, 2.24) is 9.97 Å². The molecular formula is C23H26N4O5S. The number of ether oxygens (including phenoxy) is 2. The molecule has 0 spiro atoms. The summed E-state index contributed by atoms with van der Waals surface area (Å²) in [4.78, 5) is 20.4. The van der Waals surface area contributed by atoms with Crippen LogP contribution in [0.5, 0.6) is 11.6 Å². The van der Waals surface area contributed by atoms with E-state index in [1.54, 1.807) is 24.3 Å². The Morgan fingerprint density at radius 3 is 2.30 bits per heavy atom. The van der Waals surface area contributed by atoms with Crippen LogP contribution >= 0.6 is 0 Å². The fraction of sp³-hybridized carbons (Fsp3) is 0.261. The van der Waals surface area contributed by atoms with Gasteiger partial charge in [-0.1, -0.05) is 13.8 Å². The minimum atomic E-state index is -3.92. The molecule has 0 saturated heterocycles. The Balaban J connectivity index is 1.62. The summed E-state index contributed by atoms with van der Waals surface area (Å²) < 4.78 is 38.3. The van der Waals surface area contributed by atoms with Crippen molar-refractivity contribution in [3.8, 4) is 11.6 Å². The first-order valence-electron chi connectivity index (χ1n) is 10.3. The quantitative estimate of drug-likeness (QED) is 0.460. The molecule has 0 aliphatic carbocycles. The van der Waals surface area contributed by atoms with E-state index in [-0.39, 0.29) is 22.5 Å². The minimum absolute atomic E-state index is 0.00361. The molecule has 2 N–H and O–H groups in total. The molecule has 2 aromatic carbocycles. The number of hydrogen-bond donors (Lipinski definition) is 2. The van der Waals surface area contributed by atoms with Gasteiger partial charge < -0.3 is 14.8 Å². The SMILES string of the molecule is COc1nccnc1NS(=O)(=O)c1ccc(NC(=O)c2ccc(OCCC(C)C)cc2)cc1. The van der Waals surface area contributed by atoms with Crippen LogP contribution in [0.15, 0.2) is 65.8 Å². The van der Waals surface area contributed by atoms with Gasteiger partial charge in [0.1, 0.15) is 5.75 Å². The van der Waals surface area contributed by atoms with Crippen molar-refractivity contribution in [3.63, 3.8) is 0 Å². The monoisotopic (exact) mass is 470 g/mol. The average molecular weight is 471 g/mol. The van der Waals surface area contributed by atoms with Gasteiger partial charge in [-0.15, -0.1) is 0 Å². The van der Waals surface area contributed by atoms with Crippen molar-refractivity contribution in [2.45, 2.75) is 25.2 Å². The number of nitrogens with zero attached hydrogens (tertiary/aromatic N) is 2. The van der Waals surface area contributed by atoms with Crippen molar-refractivity contribution >= 4 is 27.4 Å². The van der Waals surface area contributed by atoms with Crippen molar-refractivity contribution in [3.05, 3.63) is 66.5 Å². The number of aromatic nitrogens is 2. The van der Waals surface area contributed by atoms with Gasteiger partial charge in [0.25, 0.3) is 21.8 Å². The molecule has 1 heterocycles. The van der Waals surface area contributed by atoms with Gasteiger partial charge in [-0.3, -0.25) is 9.52 Å². The van der Waals surface area contributed by atoms with Crippen molar-refractivity contribution in [2.75, 3.05) is 23.8 Å². The molecule has 9 nitrogen and oxygen atoms in total. The van der Waals surface area contributed by atoms with Gasteiger partial charge in [0.15, 0.2) is 0 Å². The van der Waals surface area contributed by atoms with E-state index in [4.69, 9.17) is 9.47 Å². The fourth-order valence-corrected chi connectivity index (χ4v) is 3.77. The molecule has 1 amide bonds. The summed E-state index contributed by atoms with van der Waals surface area (Å²) in [7, 11) is -2.55. The predicted octanol–water partition coefficient (Wildman–Crippen LogP) is 3.96. The number of carbonyl (C=O) groups excluding carboxylic acids is 1. The second-order valence-electron chi connectivity index (χ2n) is 7.55. The van der Waals surface area contributed by atoms with Gasteiger partial charge in [-0.05, 0) is 60.9 Å². The number of sulfonamides is 1. The van der Waals surface area contributed by atoms with Gasteiger partial charge in [-0.25, -0.2) is 18.4 Å². The standard InChI is InChI=1S/C23H26N4O5S/c1-16(2)12-15-32-19-8-4-17(5-9-19)22(28)26-18-6-10-20(11-7-18)33(29,30)27-21-23(31-3)25-14-13-24-21/h4-11,13-14,16H,12,15H2,1-3H3,(H,24,27)(H,26,28). The highest BCUT2D eigenvalue weighted by molar-refractivity contribution is 7.92. The van der Waals surface area contributed by atoms with E-state index in [1.165, 1.54) is 43.8 Å². The zero-order chi connectivity index (χ0) is 23.8. The number of benzene rings is 2. The summed E-state index contributed by atoms with van der Waals surface area (Å²) in [5.74, 6) is 0.980. The first-order chi connectivity index (χ1) is 15.8. The molecule has 174 valence electrons. The zero-order valence-corrected chi connectivity index (χ0v) is 19.4. The van der Waals surface area contributed by atoms with E-state index in [0.29, 0.717) is 29.5 Å². The molecule has 1 aromatic heterocycles. The molecule has 0 aliphatic heterocycles. The van der Waals surface area contributed by atoms with E-state index >= 15 is 0 Å². The summed E-state index contributed by atoms with van der Waals surface area (Å²) in [6, 6.07) is 12.6. The molecule has 0 fully saturated rings. The lowest BCUT2D eigenvalue weighted by Crippen LogP contribution is -2.15. The second-order valence-corrected chi connectivity index (χ2v) is 9.24. The van der Waals surface area contributed by atoms with Crippen LogP contribution < -0.4 is 19.5 Å². The Morgan fingerprint density at radius 2 is 1.67 bits per heavy atom. The van der Waals surface area contributed by atoms with E-state index in [9.17, 15) is 13.2 Å². The summed E-state index contributed by atoms with van der Waals surface area (Å²) in [6.07, 6.45) is 3.70. The average Bonchev–Trinajstić information content (AvgIpc) is 2.80. The van der Waals surface area contributed by atoms with Crippen LogP contribution in [0.25, 0.3) is 0 Å². The Kier molecular flexibility index (Phi) is 7.83. The molecule has 3 rings (SSSR count). The Morgan fingerprint density at radius 1 is 1.00 bits per heavy atom. The molecule has 0 aliphatic rings. The molecule has 0 bridgehead atoms. The largest absolute Gasteiger partial charge is 0.494 e. The van der Waals surface area contributed by atoms with Gasteiger partial charge >= 0.3 is 0 Å². The van der Waals surface area contributed by atoms with Gasteiger partial charge in [0.2, 0.25) is 5.82 Å². The first-order valence-corrected chi connectivity index (χ1v) is 11.8. The molecule has 0 atom stereocenters. The molecule has 0 unspecified atom stereocenters. The van der Waals surface area contributed by atoms with Crippen molar-refractivity contribution < 1.29 is 22.7 Å². The summed E-state index contributed by atoms with van der Waals surface area (Å²) in [6.45, 7) is 4.88. The molecule has 0 radical (unpaired) electrons. The Bertz CT molecular complexity index is 1180. The van der Waals surface area contributed by atoms with Crippen LogP contribution in [0, 0.1) is 5.92 Å². The van der Waals surface area contributed by atoms with Crippen LogP contribution in [0.2, 0.25) is 0 Å². The maximum Gasteiger partial charge on any atom is 0.263 e. The maximum absolute atomic E-state index is 12.6. The third-order valence-electron chi connectivity index (χ3n) is 4.59. The smallest absolute Gasteiger partial charge is 0.263 e. The second kappa shape index (κ2) is 10.8. The van der Waals surface area contributed by atoms with Gasteiger partial charge in [0.05, 0.1) is 18.6 Å². The molecule has 33 heavy (non-hydrogen) atoms.